The van der Waals surface area contributed by atoms with Crippen LogP contribution in [0.2, 0.25) is 0 Å². The van der Waals surface area contributed by atoms with Gasteiger partial charge < -0.3 is 21.3 Å². The lowest BCUT2D eigenvalue weighted by Gasteiger charge is -2.31. The first-order chi connectivity index (χ1) is 12.8. The predicted octanol–water partition coefficient (Wildman–Crippen LogP) is -0.364. The number of nitrogens with zero attached hydrogens (tertiary/aromatic N) is 2. The molecule has 6 atom stereocenters. The van der Waals surface area contributed by atoms with Gasteiger partial charge in [0.15, 0.2) is 5.16 Å². The summed E-state index contributed by atoms with van der Waals surface area (Å²) in [4.78, 5) is 40.3. The summed E-state index contributed by atoms with van der Waals surface area (Å²) in [6, 6.07) is -0.838. The van der Waals surface area contributed by atoms with E-state index in [4.69, 9.17) is 5.73 Å². The second-order valence-corrected chi connectivity index (χ2v) is 8.99. The van der Waals surface area contributed by atoms with Crippen LogP contribution in [0.4, 0.5) is 0 Å². The van der Waals surface area contributed by atoms with Gasteiger partial charge in [-0.3, -0.25) is 14.7 Å². The third-order valence-electron chi connectivity index (χ3n) is 5.24. The molecule has 3 rings (SSSR count). The topological polar surface area (TPSA) is 171 Å². The molecule has 0 radical (unpaired) electrons. The van der Waals surface area contributed by atoms with Crippen molar-refractivity contribution in [3.63, 3.8) is 0 Å². The molecule has 1 amide bonds. The molecule has 0 aromatic carbocycles. The van der Waals surface area contributed by atoms with Crippen molar-refractivity contribution in [2.45, 2.75) is 34.8 Å². The second-order valence-electron chi connectivity index (χ2n) is 6.77. The van der Waals surface area contributed by atoms with Gasteiger partial charge in [-0.15, -0.1) is 0 Å². The van der Waals surface area contributed by atoms with Gasteiger partial charge in [0.2, 0.25) is 5.91 Å². The Hall–Kier alpha value is -1.79. The van der Waals surface area contributed by atoms with Gasteiger partial charge in [0.05, 0.1) is 12.0 Å². The molecule has 2 saturated carbocycles. The van der Waals surface area contributed by atoms with Crippen molar-refractivity contribution in [2.24, 2.45) is 23.5 Å². The van der Waals surface area contributed by atoms with Gasteiger partial charge in [-0.25, -0.2) is 9.78 Å². The van der Waals surface area contributed by atoms with Gasteiger partial charge in [0, 0.05) is 11.2 Å². The maximum atomic E-state index is 12.5. The molecule has 10 nitrogen and oxygen atoms in total. The maximum Gasteiger partial charge on any atom is 0.329 e. The number of thioether (sulfide) groups is 2. The molecule has 1 aromatic rings. The lowest BCUT2D eigenvalue weighted by Crippen LogP contribution is -2.59. The quantitative estimate of drug-likeness (QED) is 0.358. The number of rotatable bonds is 9. The Kier molecular flexibility index (Phi) is 5.68. The van der Waals surface area contributed by atoms with Crippen LogP contribution < -0.4 is 11.1 Å². The van der Waals surface area contributed by atoms with Crippen molar-refractivity contribution in [3.05, 3.63) is 6.33 Å². The maximum absolute atomic E-state index is 12.5. The molecule has 1 aromatic heterocycles. The summed E-state index contributed by atoms with van der Waals surface area (Å²) in [6.45, 7) is 0. The number of carboxylic acid groups (broad SMARTS) is 2. The highest BCUT2D eigenvalue weighted by Crippen LogP contribution is 2.65. The first-order valence-electron chi connectivity index (χ1n) is 8.36. The van der Waals surface area contributed by atoms with Gasteiger partial charge in [0.25, 0.3) is 0 Å². The van der Waals surface area contributed by atoms with Crippen molar-refractivity contribution in [3.8, 4) is 0 Å². The van der Waals surface area contributed by atoms with Crippen LogP contribution in [0, 0.1) is 17.8 Å². The summed E-state index contributed by atoms with van der Waals surface area (Å²) in [7, 11) is 0. The van der Waals surface area contributed by atoms with Crippen LogP contribution >= 0.6 is 23.5 Å². The number of carbonyl (C=O) groups excluding carboxylic acids is 1. The van der Waals surface area contributed by atoms with Crippen LogP contribution in [0.15, 0.2) is 11.5 Å². The van der Waals surface area contributed by atoms with Crippen molar-refractivity contribution in [2.75, 3.05) is 12.0 Å². The Morgan fingerprint density at radius 3 is 2.78 bits per heavy atom. The van der Waals surface area contributed by atoms with Gasteiger partial charge in [0.1, 0.15) is 11.9 Å². The van der Waals surface area contributed by atoms with E-state index >= 15 is 0 Å². The molecule has 0 spiro atoms. The van der Waals surface area contributed by atoms with Crippen LogP contribution in [-0.4, -0.2) is 72.1 Å². The van der Waals surface area contributed by atoms with E-state index in [2.05, 4.69) is 20.5 Å². The highest BCUT2D eigenvalue weighted by molar-refractivity contribution is 7.99. The molecular formula is C15H21N5O5S2. The molecule has 1 heterocycles. The van der Waals surface area contributed by atoms with Gasteiger partial charge in [-0.05, 0) is 30.8 Å². The van der Waals surface area contributed by atoms with Crippen molar-refractivity contribution < 1.29 is 24.6 Å². The van der Waals surface area contributed by atoms with E-state index in [9.17, 15) is 24.6 Å². The fourth-order valence-corrected chi connectivity index (χ4v) is 5.79. The van der Waals surface area contributed by atoms with Crippen LogP contribution in [0.25, 0.3) is 0 Å². The second kappa shape index (κ2) is 7.68. The SMILES string of the molecule is CSCCC(N)C(=O)NC1(C(=O)O)CC(Sc2ncn[nH]2)C2C(C(=O)O)C21. The number of hydrogen-bond acceptors (Lipinski definition) is 8. The number of fused-ring (bicyclic) bond motifs is 1. The number of aliphatic carboxylic acids is 2. The third-order valence-corrected chi connectivity index (χ3v) is 7.08. The smallest absolute Gasteiger partial charge is 0.329 e. The monoisotopic (exact) mass is 415 g/mol. The zero-order chi connectivity index (χ0) is 19.8. The zero-order valence-electron chi connectivity index (χ0n) is 14.5. The highest BCUT2D eigenvalue weighted by Gasteiger charge is 2.75. The molecule has 2 aliphatic rings. The first-order valence-corrected chi connectivity index (χ1v) is 10.6. The van der Waals surface area contributed by atoms with E-state index < -0.39 is 41.3 Å². The summed E-state index contributed by atoms with van der Waals surface area (Å²) in [5, 5.41) is 28.6. The van der Waals surface area contributed by atoms with E-state index in [1.807, 2.05) is 6.26 Å². The van der Waals surface area contributed by atoms with Crippen LogP contribution in [0.5, 0.6) is 0 Å². The molecule has 2 aliphatic carbocycles. The molecule has 2 fully saturated rings. The number of hydrogen-bond donors (Lipinski definition) is 5. The van der Waals surface area contributed by atoms with E-state index in [-0.39, 0.29) is 17.6 Å². The number of nitrogens with two attached hydrogens (primary N) is 1. The summed E-state index contributed by atoms with van der Waals surface area (Å²) in [6.07, 6.45) is 3.73. The number of aromatic amines is 1. The lowest BCUT2D eigenvalue weighted by molar-refractivity contribution is -0.150. The minimum atomic E-state index is -1.64. The fraction of sp³-hybridized carbons (Fsp3) is 0.667. The minimum absolute atomic E-state index is 0.105. The molecule has 6 unspecified atom stereocenters. The zero-order valence-corrected chi connectivity index (χ0v) is 16.1. The molecule has 12 heteroatoms. The predicted molar refractivity (Wildman–Crippen MR) is 98.2 cm³/mol. The van der Waals surface area contributed by atoms with Crippen LogP contribution in [0.1, 0.15) is 12.8 Å². The summed E-state index contributed by atoms with van der Waals surface area (Å²) < 4.78 is 0. The van der Waals surface area contributed by atoms with Gasteiger partial charge in [-0.2, -0.15) is 16.9 Å². The fourth-order valence-electron chi connectivity index (χ4n) is 3.96. The standard InChI is InChI=1S/C15H21N5O5S2/c1-26-3-2-6(16)11(21)19-15(13(24)25)4-7(27-14-17-5-18-20-14)8-9(10(8)15)12(22)23/h5-10H,2-4,16H2,1H3,(H,19,21)(H,22,23)(H,24,25)(H,17,18,20). The molecular weight excluding hydrogens is 394 g/mol. The number of carboxylic acids is 2. The van der Waals surface area contributed by atoms with E-state index in [1.54, 1.807) is 0 Å². The third kappa shape index (κ3) is 3.65. The molecule has 148 valence electrons. The highest BCUT2D eigenvalue weighted by atomic mass is 32.2. The van der Waals surface area contributed by atoms with E-state index in [0.29, 0.717) is 17.3 Å². The summed E-state index contributed by atoms with van der Waals surface area (Å²) in [5.41, 5.74) is 4.24. The summed E-state index contributed by atoms with van der Waals surface area (Å²) in [5.74, 6) is -4.04. The number of H-pyrrole nitrogens is 1. The molecule has 27 heavy (non-hydrogen) atoms. The summed E-state index contributed by atoms with van der Waals surface area (Å²) >= 11 is 2.79. The Morgan fingerprint density at radius 2 is 2.22 bits per heavy atom. The Balaban J connectivity index is 1.82. The van der Waals surface area contributed by atoms with Crippen molar-refractivity contribution in [1.82, 2.24) is 20.5 Å². The molecule has 0 aliphatic heterocycles. The molecule has 0 saturated heterocycles. The minimum Gasteiger partial charge on any atom is -0.481 e. The lowest BCUT2D eigenvalue weighted by atomic mass is 9.89. The average Bonchev–Trinajstić information content (AvgIpc) is 3.02. The van der Waals surface area contributed by atoms with Crippen molar-refractivity contribution in [1.29, 1.82) is 0 Å². The number of nitrogens with one attached hydrogen (secondary N) is 2. The Bertz CT molecular complexity index is 732. The van der Waals surface area contributed by atoms with Crippen LogP contribution in [-0.2, 0) is 14.4 Å². The van der Waals surface area contributed by atoms with E-state index in [1.165, 1.54) is 29.9 Å². The van der Waals surface area contributed by atoms with Crippen molar-refractivity contribution >= 4 is 41.4 Å². The van der Waals surface area contributed by atoms with Gasteiger partial charge in [-0.1, -0.05) is 11.8 Å². The van der Waals surface area contributed by atoms with Crippen LogP contribution in [0.3, 0.4) is 0 Å². The first kappa shape index (κ1) is 20.0. The number of amides is 1. The van der Waals surface area contributed by atoms with Gasteiger partial charge >= 0.3 is 11.9 Å². The normalized spacial score (nSPS) is 32.5. The molecule has 6 N–H and O–H groups in total. The largest absolute Gasteiger partial charge is 0.481 e. The number of carbonyl (C=O) groups is 3. The Morgan fingerprint density at radius 1 is 1.48 bits per heavy atom. The number of aromatic nitrogens is 3. The Labute approximate surface area is 163 Å². The van der Waals surface area contributed by atoms with E-state index in [0.717, 1.165) is 0 Å². The molecule has 0 bridgehead atoms. The average molecular weight is 415 g/mol.